The van der Waals surface area contributed by atoms with Gasteiger partial charge in [-0.2, -0.15) is 4.98 Å². The summed E-state index contributed by atoms with van der Waals surface area (Å²) in [6.07, 6.45) is 2.70. The van der Waals surface area contributed by atoms with Gasteiger partial charge >= 0.3 is 0 Å². The second-order valence-corrected chi connectivity index (χ2v) is 10.9. The molecule has 1 aliphatic rings. The number of nitrogens with zero attached hydrogens (tertiary/aromatic N) is 3. The minimum Gasteiger partial charge on any atom is -0.353 e. The minimum absolute atomic E-state index is 0.0186. The number of likely N-dealkylation sites (tertiary alicyclic amines) is 1. The van der Waals surface area contributed by atoms with Crippen molar-refractivity contribution in [2.24, 2.45) is 5.92 Å². The average molecular weight is 515 g/mol. The highest BCUT2D eigenvalue weighted by atomic mass is 35.5. The predicted molar refractivity (Wildman–Crippen MR) is 139 cm³/mol. The summed E-state index contributed by atoms with van der Waals surface area (Å²) in [5, 5.41) is 8.36. The first-order valence-corrected chi connectivity index (χ1v) is 12.8. The van der Waals surface area contributed by atoms with Crippen LogP contribution in [0.15, 0.2) is 53.1 Å². The summed E-state index contributed by atoms with van der Waals surface area (Å²) in [6.45, 7) is 8.59. The Balaban J connectivity index is 1.32. The number of halogens is 2. The van der Waals surface area contributed by atoms with Gasteiger partial charge in [-0.25, -0.2) is 0 Å². The van der Waals surface area contributed by atoms with Crippen molar-refractivity contribution in [3.05, 3.63) is 70.0 Å². The van der Waals surface area contributed by atoms with Crippen molar-refractivity contribution in [2.45, 2.75) is 58.0 Å². The standard InChI is InChI=1S/C27H32Cl2N4O2/c1-18(15-27(2,3)20-9-5-4-6-10-20)30-26(34)19-8-7-13-33(16-19)17-24-31-25(32-35-24)22-12-11-21(28)14-23(22)29/h4-6,9-12,14,18-19H,7-8,13,15-17H2,1-3H3,(H,30,34). The molecule has 6 nitrogen and oxygen atoms in total. The van der Waals surface area contributed by atoms with Gasteiger partial charge in [0.15, 0.2) is 0 Å². The number of benzene rings is 2. The maximum Gasteiger partial charge on any atom is 0.241 e. The molecule has 1 amide bonds. The molecule has 2 atom stereocenters. The molecule has 0 aliphatic carbocycles. The van der Waals surface area contributed by atoms with Crippen LogP contribution in [0.5, 0.6) is 0 Å². The molecule has 3 aromatic rings. The zero-order valence-electron chi connectivity index (χ0n) is 20.4. The van der Waals surface area contributed by atoms with Gasteiger partial charge in [-0.1, -0.05) is 72.5 Å². The number of piperidine rings is 1. The lowest BCUT2D eigenvalue weighted by molar-refractivity contribution is -0.127. The van der Waals surface area contributed by atoms with E-state index >= 15 is 0 Å². The molecular weight excluding hydrogens is 483 g/mol. The van der Waals surface area contributed by atoms with E-state index in [0.29, 0.717) is 40.4 Å². The number of hydrogen-bond acceptors (Lipinski definition) is 5. The quantitative estimate of drug-likeness (QED) is 0.391. The highest BCUT2D eigenvalue weighted by Crippen LogP contribution is 2.30. The number of rotatable bonds is 8. The molecule has 0 saturated carbocycles. The molecular formula is C27H32Cl2N4O2. The molecule has 0 radical (unpaired) electrons. The van der Waals surface area contributed by atoms with Crippen molar-refractivity contribution < 1.29 is 9.32 Å². The number of carbonyl (C=O) groups excluding carboxylic acids is 1. The largest absolute Gasteiger partial charge is 0.353 e. The van der Waals surface area contributed by atoms with Crippen molar-refractivity contribution in [1.29, 1.82) is 0 Å². The summed E-state index contributed by atoms with van der Waals surface area (Å²) in [5.41, 5.74) is 1.94. The lowest BCUT2D eigenvalue weighted by atomic mass is 9.79. The molecule has 2 aromatic carbocycles. The molecule has 35 heavy (non-hydrogen) atoms. The van der Waals surface area contributed by atoms with Crippen LogP contribution in [-0.2, 0) is 16.8 Å². The van der Waals surface area contributed by atoms with Crippen LogP contribution in [0.4, 0.5) is 0 Å². The number of nitrogens with one attached hydrogen (secondary N) is 1. The summed E-state index contributed by atoms with van der Waals surface area (Å²) >= 11 is 12.3. The molecule has 1 saturated heterocycles. The minimum atomic E-state index is -0.0564. The van der Waals surface area contributed by atoms with Crippen LogP contribution in [0.3, 0.4) is 0 Å². The van der Waals surface area contributed by atoms with E-state index in [0.717, 1.165) is 25.8 Å². The zero-order chi connectivity index (χ0) is 25.0. The molecule has 2 unspecified atom stereocenters. The van der Waals surface area contributed by atoms with Gasteiger partial charge in [0.05, 0.1) is 17.5 Å². The highest BCUT2D eigenvalue weighted by Gasteiger charge is 2.29. The lowest BCUT2D eigenvalue weighted by Gasteiger charge is -2.33. The Kier molecular flexibility index (Phi) is 8.15. The molecule has 4 rings (SSSR count). The van der Waals surface area contributed by atoms with Crippen LogP contribution in [0.1, 0.15) is 51.5 Å². The maximum atomic E-state index is 13.1. The van der Waals surface area contributed by atoms with Crippen molar-refractivity contribution in [3.8, 4) is 11.4 Å². The van der Waals surface area contributed by atoms with E-state index in [4.69, 9.17) is 27.7 Å². The predicted octanol–water partition coefficient (Wildman–Crippen LogP) is 6.13. The Hall–Kier alpha value is -2.41. The molecule has 1 N–H and O–H groups in total. The van der Waals surface area contributed by atoms with Crippen molar-refractivity contribution in [3.63, 3.8) is 0 Å². The second kappa shape index (κ2) is 11.1. The molecule has 0 bridgehead atoms. The van der Waals surface area contributed by atoms with E-state index in [9.17, 15) is 4.79 Å². The lowest BCUT2D eigenvalue weighted by Crippen LogP contribution is -2.46. The van der Waals surface area contributed by atoms with Crippen molar-refractivity contribution in [1.82, 2.24) is 20.4 Å². The van der Waals surface area contributed by atoms with Gasteiger partial charge in [0, 0.05) is 23.2 Å². The van der Waals surface area contributed by atoms with Crippen molar-refractivity contribution in [2.75, 3.05) is 13.1 Å². The smallest absolute Gasteiger partial charge is 0.241 e. The van der Waals surface area contributed by atoms with E-state index in [1.54, 1.807) is 18.2 Å². The first-order valence-electron chi connectivity index (χ1n) is 12.1. The third-order valence-electron chi connectivity index (χ3n) is 6.64. The van der Waals surface area contributed by atoms with Gasteiger partial charge in [-0.3, -0.25) is 9.69 Å². The molecule has 1 aliphatic heterocycles. The van der Waals surface area contributed by atoms with Crippen LogP contribution in [0.25, 0.3) is 11.4 Å². The summed E-state index contributed by atoms with van der Waals surface area (Å²) in [5.74, 6) is 0.997. The summed E-state index contributed by atoms with van der Waals surface area (Å²) in [6, 6.07) is 15.7. The van der Waals surface area contributed by atoms with E-state index in [2.05, 4.69) is 65.4 Å². The SMILES string of the molecule is CC(CC(C)(C)c1ccccc1)NC(=O)C1CCCN(Cc2nc(-c3ccc(Cl)cc3Cl)no2)C1. The fourth-order valence-electron chi connectivity index (χ4n) is 4.89. The van der Waals surface area contributed by atoms with E-state index in [1.807, 2.05) is 6.07 Å². The summed E-state index contributed by atoms with van der Waals surface area (Å²) in [4.78, 5) is 19.8. The topological polar surface area (TPSA) is 71.3 Å². The van der Waals surface area contributed by atoms with Crippen LogP contribution in [0, 0.1) is 5.92 Å². The van der Waals surface area contributed by atoms with Crippen LogP contribution < -0.4 is 5.32 Å². The first-order chi connectivity index (χ1) is 16.7. The Morgan fingerprint density at radius 2 is 2.00 bits per heavy atom. The van der Waals surface area contributed by atoms with Gasteiger partial charge in [-0.05, 0) is 61.9 Å². The van der Waals surface area contributed by atoms with Gasteiger partial charge in [0.25, 0.3) is 0 Å². The van der Waals surface area contributed by atoms with Gasteiger partial charge in [-0.15, -0.1) is 0 Å². The van der Waals surface area contributed by atoms with Crippen molar-refractivity contribution >= 4 is 29.1 Å². The third kappa shape index (κ3) is 6.63. The van der Waals surface area contributed by atoms with E-state index < -0.39 is 0 Å². The number of hydrogen-bond donors (Lipinski definition) is 1. The Morgan fingerprint density at radius 1 is 1.23 bits per heavy atom. The van der Waals surface area contributed by atoms with Crippen LogP contribution in [0.2, 0.25) is 10.0 Å². The zero-order valence-corrected chi connectivity index (χ0v) is 21.9. The summed E-state index contributed by atoms with van der Waals surface area (Å²) in [7, 11) is 0. The fourth-order valence-corrected chi connectivity index (χ4v) is 5.38. The second-order valence-electron chi connectivity index (χ2n) is 10.1. The molecule has 1 aromatic heterocycles. The molecule has 8 heteroatoms. The van der Waals surface area contributed by atoms with E-state index in [-0.39, 0.29) is 23.3 Å². The Morgan fingerprint density at radius 3 is 2.74 bits per heavy atom. The maximum absolute atomic E-state index is 13.1. The highest BCUT2D eigenvalue weighted by molar-refractivity contribution is 6.36. The molecule has 186 valence electrons. The van der Waals surface area contributed by atoms with Gasteiger partial charge in [0.2, 0.25) is 17.6 Å². The fraction of sp³-hybridized carbons (Fsp3) is 0.444. The Bertz CT molecular complexity index is 1150. The normalized spacial score (nSPS) is 17.8. The number of aromatic nitrogens is 2. The van der Waals surface area contributed by atoms with Crippen LogP contribution in [-0.4, -0.2) is 40.1 Å². The van der Waals surface area contributed by atoms with Gasteiger partial charge in [0.1, 0.15) is 0 Å². The summed E-state index contributed by atoms with van der Waals surface area (Å²) < 4.78 is 5.47. The number of amides is 1. The molecule has 1 fully saturated rings. The van der Waals surface area contributed by atoms with Gasteiger partial charge < -0.3 is 9.84 Å². The average Bonchev–Trinajstić information content (AvgIpc) is 3.27. The molecule has 2 heterocycles. The monoisotopic (exact) mass is 514 g/mol. The first kappa shape index (κ1) is 25.7. The molecule has 0 spiro atoms. The van der Waals surface area contributed by atoms with Crippen LogP contribution >= 0.6 is 23.2 Å². The van der Waals surface area contributed by atoms with E-state index in [1.165, 1.54) is 5.56 Å². The third-order valence-corrected chi connectivity index (χ3v) is 7.18. The Labute approximate surface area is 217 Å². The number of carbonyl (C=O) groups is 1.